The van der Waals surface area contributed by atoms with Gasteiger partial charge in [-0.05, 0) is 91.2 Å². The highest BCUT2D eigenvalue weighted by atomic mass is 16.4. The lowest BCUT2D eigenvalue weighted by molar-refractivity contribution is -0.144. The summed E-state index contributed by atoms with van der Waals surface area (Å²) in [5, 5.41) is 47.2. The molecule has 3 amide bonds. The quantitative estimate of drug-likeness (QED) is 0.0393. The van der Waals surface area contributed by atoms with E-state index in [4.69, 9.17) is 5.73 Å². The minimum absolute atomic E-state index is 0.0978. The van der Waals surface area contributed by atoms with Crippen LogP contribution in [-0.4, -0.2) is 98.6 Å². The smallest absolute Gasteiger partial charge is 0.326 e. The first-order chi connectivity index (χ1) is 32.4. The Kier molecular flexibility index (Phi) is 18.7. The van der Waals surface area contributed by atoms with Gasteiger partial charge in [0.05, 0.1) is 18.6 Å². The van der Waals surface area contributed by atoms with E-state index in [0.29, 0.717) is 30.5 Å². The van der Waals surface area contributed by atoms with Gasteiger partial charge in [-0.1, -0.05) is 87.4 Å². The SMILES string of the molecule is CCCCc1ccc(-c2ccc(C(=O)C[C@H](CO)C(=O)N[C@H](C)C(=O)C[C@@H](CCCCN)C(=O)N(C)[C@@H]3C(=O)C[C@@H](C)C(=O)N[C@H](C(=O)O)Cc4ccc(O)c(c4)-c4cc3ccc4O)cc2)cc1. The Morgan fingerprint density at radius 1 is 0.824 bits per heavy atom. The first-order valence-electron chi connectivity index (χ1n) is 23.3. The summed E-state index contributed by atoms with van der Waals surface area (Å²) in [5.41, 5.74) is 10.2. The van der Waals surface area contributed by atoms with E-state index in [2.05, 4.69) is 29.7 Å². The van der Waals surface area contributed by atoms with E-state index in [1.54, 1.807) is 12.1 Å². The van der Waals surface area contributed by atoms with Gasteiger partial charge in [0, 0.05) is 61.3 Å². The zero-order chi connectivity index (χ0) is 49.7. The molecular weight excluding hydrogens is 869 g/mol. The van der Waals surface area contributed by atoms with Crippen LogP contribution in [0.4, 0.5) is 0 Å². The van der Waals surface area contributed by atoms with Crippen LogP contribution in [0.2, 0.25) is 0 Å². The Morgan fingerprint density at radius 2 is 1.46 bits per heavy atom. The van der Waals surface area contributed by atoms with E-state index >= 15 is 0 Å². The number of hydrogen-bond donors (Lipinski definition) is 7. The molecule has 0 aliphatic carbocycles. The molecule has 4 aromatic carbocycles. The number of amides is 3. The normalized spacial score (nSPS) is 17.5. The largest absolute Gasteiger partial charge is 0.507 e. The van der Waals surface area contributed by atoms with Gasteiger partial charge in [0.25, 0.3) is 0 Å². The number of aliphatic hydroxyl groups is 1. The zero-order valence-electron chi connectivity index (χ0n) is 39.2. The van der Waals surface area contributed by atoms with Gasteiger partial charge in [-0.2, -0.15) is 0 Å². The van der Waals surface area contributed by atoms with Crippen molar-refractivity contribution >= 4 is 41.0 Å². The summed E-state index contributed by atoms with van der Waals surface area (Å²) in [6, 6.07) is 19.9. The summed E-state index contributed by atoms with van der Waals surface area (Å²) >= 11 is 0. The number of nitrogens with two attached hydrogens (primary N) is 1. The van der Waals surface area contributed by atoms with Crippen molar-refractivity contribution in [2.24, 2.45) is 23.5 Å². The molecule has 68 heavy (non-hydrogen) atoms. The van der Waals surface area contributed by atoms with Gasteiger partial charge in [-0.15, -0.1) is 0 Å². The Hall–Kier alpha value is -6.71. The molecule has 4 aromatic rings. The van der Waals surface area contributed by atoms with Crippen LogP contribution < -0.4 is 16.4 Å². The van der Waals surface area contributed by atoms with Gasteiger partial charge >= 0.3 is 5.97 Å². The first kappa shape index (κ1) is 52.3. The second-order valence-electron chi connectivity index (χ2n) is 17.9. The minimum atomic E-state index is -1.39. The topological polar surface area (TPSA) is 254 Å². The Balaban J connectivity index is 1.33. The molecular formula is C53H64N4O11. The molecule has 4 bridgehead atoms. The van der Waals surface area contributed by atoms with Crippen molar-refractivity contribution in [1.29, 1.82) is 0 Å². The molecule has 8 N–H and O–H groups in total. The van der Waals surface area contributed by atoms with Crippen LogP contribution in [0.25, 0.3) is 22.3 Å². The van der Waals surface area contributed by atoms with E-state index < -0.39 is 84.2 Å². The number of Topliss-reactive ketones (excluding diaryl/α,β-unsaturated/α-hetero) is 3. The minimum Gasteiger partial charge on any atom is -0.507 e. The van der Waals surface area contributed by atoms with Gasteiger partial charge in [0.15, 0.2) is 17.3 Å². The number of carbonyl (C=O) groups excluding carboxylic acids is 6. The van der Waals surface area contributed by atoms with Crippen LogP contribution in [0.1, 0.15) is 105 Å². The number of phenolic OH excluding ortho intramolecular Hbond substituents is 2. The second kappa shape index (κ2) is 24.4. The van der Waals surface area contributed by atoms with Gasteiger partial charge in [-0.25, -0.2) is 4.79 Å². The number of nitrogens with one attached hydrogen (secondary N) is 2. The monoisotopic (exact) mass is 932 g/mol. The summed E-state index contributed by atoms with van der Waals surface area (Å²) in [5.74, 6) is -8.57. The lowest BCUT2D eigenvalue weighted by Crippen LogP contribution is -2.46. The molecule has 15 nitrogen and oxygen atoms in total. The van der Waals surface area contributed by atoms with Crippen molar-refractivity contribution in [3.8, 4) is 33.8 Å². The molecule has 0 spiro atoms. The lowest BCUT2D eigenvalue weighted by atomic mass is 9.88. The summed E-state index contributed by atoms with van der Waals surface area (Å²) in [6.07, 6.45) is 3.12. The van der Waals surface area contributed by atoms with Crippen LogP contribution in [-0.2, 0) is 41.6 Å². The molecule has 362 valence electrons. The number of rotatable bonds is 20. The molecule has 1 aliphatic heterocycles. The number of aliphatic carboxylic acids is 1. The molecule has 0 unspecified atom stereocenters. The maximum absolute atomic E-state index is 14.6. The van der Waals surface area contributed by atoms with Crippen molar-refractivity contribution in [2.45, 2.75) is 103 Å². The number of ketones is 3. The Labute approximate surface area is 397 Å². The summed E-state index contributed by atoms with van der Waals surface area (Å²) in [4.78, 5) is 96.4. The number of benzene rings is 4. The van der Waals surface area contributed by atoms with Gasteiger partial charge in [-0.3, -0.25) is 28.8 Å². The number of fused-ring (bicyclic) bond motifs is 5. The first-order valence-corrected chi connectivity index (χ1v) is 23.3. The third-order valence-electron chi connectivity index (χ3n) is 12.7. The summed E-state index contributed by atoms with van der Waals surface area (Å²) in [6.45, 7) is 4.71. The molecule has 5 rings (SSSR count). The van der Waals surface area contributed by atoms with Crippen LogP contribution in [0.3, 0.4) is 0 Å². The Bertz CT molecular complexity index is 2450. The number of carboxylic acid groups (broad SMARTS) is 1. The molecule has 0 radical (unpaired) electrons. The van der Waals surface area contributed by atoms with Crippen molar-refractivity contribution in [1.82, 2.24) is 15.5 Å². The number of phenols is 2. The number of hydrogen-bond acceptors (Lipinski definition) is 11. The third kappa shape index (κ3) is 13.5. The molecule has 15 heteroatoms. The maximum Gasteiger partial charge on any atom is 0.326 e. The predicted octanol–water partition coefficient (Wildman–Crippen LogP) is 6.09. The zero-order valence-corrected chi connectivity index (χ0v) is 39.2. The summed E-state index contributed by atoms with van der Waals surface area (Å²) < 4.78 is 0. The number of aryl methyl sites for hydroxylation is 1. The number of carbonyl (C=O) groups is 7. The average molecular weight is 933 g/mol. The number of nitrogens with zero attached hydrogens (tertiary/aromatic N) is 1. The van der Waals surface area contributed by atoms with Crippen molar-refractivity contribution in [2.75, 3.05) is 20.2 Å². The summed E-state index contributed by atoms with van der Waals surface area (Å²) in [7, 11) is 1.39. The number of aromatic hydroxyl groups is 2. The molecule has 0 saturated heterocycles. The second-order valence-corrected chi connectivity index (χ2v) is 17.9. The lowest BCUT2D eigenvalue weighted by Gasteiger charge is -2.32. The van der Waals surface area contributed by atoms with Gasteiger partial charge < -0.3 is 41.7 Å². The molecule has 0 aromatic heterocycles. The van der Waals surface area contributed by atoms with Crippen LogP contribution in [0, 0.1) is 17.8 Å². The highest BCUT2D eigenvalue weighted by molar-refractivity contribution is 6.00. The average Bonchev–Trinajstić information content (AvgIpc) is 3.32. The number of aliphatic hydroxyl groups excluding tert-OH is 1. The molecule has 1 aliphatic rings. The van der Waals surface area contributed by atoms with Crippen molar-refractivity contribution in [3.63, 3.8) is 0 Å². The third-order valence-corrected chi connectivity index (χ3v) is 12.7. The van der Waals surface area contributed by atoms with Gasteiger partial charge in [0.2, 0.25) is 17.7 Å². The number of likely N-dealkylation sites (N-methyl/N-ethyl adjacent to an activating group) is 1. The number of carboxylic acids is 1. The van der Waals surface area contributed by atoms with Crippen LogP contribution in [0.5, 0.6) is 11.5 Å². The van der Waals surface area contributed by atoms with Crippen LogP contribution in [0.15, 0.2) is 84.9 Å². The molecule has 0 saturated carbocycles. The number of unbranched alkanes of at least 4 members (excludes halogenated alkanes) is 2. The van der Waals surface area contributed by atoms with Crippen molar-refractivity contribution in [3.05, 3.63) is 107 Å². The molecule has 1 heterocycles. The van der Waals surface area contributed by atoms with E-state index in [1.807, 2.05) is 24.3 Å². The van der Waals surface area contributed by atoms with E-state index in [-0.39, 0.29) is 59.7 Å². The highest BCUT2D eigenvalue weighted by Gasteiger charge is 2.37. The van der Waals surface area contributed by atoms with E-state index in [0.717, 1.165) is 30.4 Å². The predicted molar refractivity (Wildman–Crippen MR) is 256 cm³/mol. The fraction of sp³-hybridized carbons (Fsp3) is 0.415. The highest BCUT2D eigenvalue weighted by Crippen LogP contribution is 2.39. The molecule has 0 fully saturated rings. The maximum atomic E-state index is 14.6. The van der Waals surface area contributed by atoms with Crippen LogP contribution >= 0.6 is 0 Å². The van der Waals surface area contributed by atoms with E-state index in [9.17, 15) is 54.0 Å². The van der Waals surface area contributed by atoms with E-state index in [1.165, 1.54) is 67.8 Å². The molecule has 6 atom stereocenters. The standard InChI is InChI=1S/C53H64N4O11/c1-5-6-9-33-11-14-35(15-12-33)36-16-18-37(19-17-36)47(62)29-40(30-58)51(65)55-32(3)46(61)28-39(10-7-8-23-54)52(66)57(4)49-38-20-22-45(60)42(27-38)41-25-34(13-21-44(41)59)26-43(53(67)68)56-50(64)31(2)24-48(49)63/h11-22,25,27,31-32,39-40,43,49,58-60H,5-10,23-24,26,28-30,54H2,1-4H3,(H,55,65)(H,56,64)(H,67,68)/t31-,32-,39-,40-,43+,49+/m1/s1. The fourth-order valence-electron chi connectivity index (χ4n) is 8.52. The Morgan fingerprint density at radius 3 is 2.07 bits per heavy atom. The van der Waals surface area contributed by atoms with Crippen molar-refractivity contribution < 1.29 is 54.0 Å². The fourth-order valence-corrected chi connectivity index (χ4v) is 8.52. The van der Waals surface area contributed by atoms with Gasteiger partial charge in [0.1, 0.15) is 23.6 Å².